The Hall–Kier alpha value is 1.62. The number of hydrogen-bond donors (Lipinski definition) is 1. The molecule has 0 saturated carbocycles. The van der Waals surface area contributed by atoms with Crippen molar-refractivity contribution in [3.8, 4) is 0 Å². The molecule has 1 heterocycles. The van der Waals surface area contributed by atoms with Gasteiger partial charge in [0.05, 0.1) is 0 Å². The van der Waals surface area contributed by atoms with Crippen molar-refractivity contribution >= 4 is 59.6 Å². The van der Waals surface area contributed by atoms with Crippen molar-refractivity contribution < 1.29 is 13.6 Å². The van der Waals surface area contributed by atoms with Gasteiger partial charge >= 0.3 is 8.25 Å². The molecular formula is C3H7KNO3P+. The van der Waals surface area contributed by atoms with Crippen LogP contribution in [0, 0.1) is 0 Å². The van der Waals surface area contributed by atoms with Crippen molar-refractivity contribution in [2.45, 2.75) is 12.6 Å². The average molecular weight is 175 g/mol. The predicted octanol–water partition coefficient (Wildman–Crippen LogP) is -0.0153. The van der Waals surface area contributed by atoms with Crippen LogP contribution in [0.2, 0.25) is 0 Å². The molecule has 0 aromatic carbocycles. The summed E-state index contributed by atoms with van der Waals surface area (Å²) < 4.78 is 19.4. The molecule has 9 heavy (non-hydrogen) atoms. The minimum Gasteiger partial charge on any atom is -0.302 e. The molecule has 0 aromatic heterocycles. The van der Waals surface area contributed by atoms with Gasteiger partial charge in [0.1, 0.15) is 6.61 Å². The molecule has 1 aliphatic heterocycles. The molecule has 1 rings (SSSR count). The van der Waals surface area contributed by atoms with Gasteiger partial charge in [-0.25, -0.2) is 0 Å². The molecule has 2 N–H and O–H groups in total. The van der Waals surface area contributed by atoms with Crippen LogP contribution in [0.15, 0.2) is 0 Å². The van der Waals surface area contributed by atoms with E-state index >= 15 is 0 Å². The Morgan fingerprint density at radius 2 is 2.33 bits per heavy atom. The van der Waals surface area contributed by atoms with Crippen molar-refractivity contribution in [2.24, 2.45) is 5.73 Å². The molecule has 4 nitrogen and oxygen atoms in total. The molecule has 2 atom stereocenters. The van der Waals surface area contributed by atoms with Crippen LogP contribution in [-0.4, -0.2) is 64.2 Å². The van der Waals surface area contributed by atoms with Crippen LogP contribution in [0.5, 0.6) is 0 Å². The third kappa shape index (κ3) is 4.13. The van der Waals surface area contributed by atoms with E-state index in [1.54, 1.807) is 0 Å². The van der Waals surface area contributed by atoms with Crippen molar-refractivity contribution in [3.63, 3.8) is 0 Å². The van der Waals surface area contributed by atoms with Gasteiger partial charge in [0.15, 0.2) is 6.23 Å². The van der Waals surface area contributed by atoms with E-state index in [0.717, 1.165) is 0 Å². The zero-order chi connectivity index (χ0) is 5.98. The van der Waals surface area contributed by atoms with Gasteiger partial charge < -0.3 is 5.73 Å². The fourth-order valence-corrected chi connectivity index (χ4v) is 1.08. The van der Waals surface area contributed by atoms with Gasteiger partial charge in [-0.2, -0.15) is 0 Å². The maximum atomic E-state index is 10.3. The topological polar surface area (TPSA) is 61.5 Å². The van der Waals surface area contributed by atoms with Crippen LogP contribution in [-0.2, 0) is 13.6 Å². The average Bonchev–Trinajstić information content (AvgIpc) is 1.64. The molecule has 1 radical (unpaired) electrons. The standard InChI is InChI=1S/C3H7NO3P.K/c4-3-1-2-6-8(5)7-3;/h3H,1-2,4H2;/q+1;. The molecule has 0 amide bonds. The molecule has 0 aromatic rings. The number of nitrogens with two attached hydrogens (primary N) is 1. The first-order chi connectivity index (χ1) is 3.79. The second-order valence-electron chi connectivity index (χ2n) is 1.49. The van der Waals surface area contributed by atoms with E-state index in [9.17, 15) is 4.57 Å². The van der Waals surface area contributed by atoms with Crippen LogP contribution in [0.1, 0.15) is 6.42 Å². The monoisotopic (exact) mass is 175 g/mol. The minimum absolute atomic E-state index is 0. The van der Waals surface area contributed by atoms with Crippen molar-refractivity contribution in [1.29, 1.82) is 0 Å². The summed E-state index contributed by atoms with van der Waals surface area (Å²) in [5.74, 6) is 0. The summed E-state index contributed by atoms with van der Waals surface area (Å²) in [6.45, 7) is 0.441. The molecule has 2 unspecified atom stereocenters. The molecular weight excluding hydrogens is 168 g/mol. The van der Waals surface area contributed by atoms with E-state index < -0.39 is 14.5 Å². The maximum absolute atomic E-state index is 10.3. The molecule has 0 spiro atoms. The summed E-state index contributed by atoms with van der Waals surface area (Å²) in [7, 11) is -1.91. The van der Waals surface area contributed by atoms with Gasteiger partial charge in [-0.1, -0.05) is 0 Å². The molecule has 1 aliphatic rings. The zero-order valence-corrected chi connectivity index (χ0v) is 9.26. The molecule has 0 aliphatic carbocycles. The quantitative estimate of drug-likeness (QED) is 0.415. The molecule has 6 heteroatoms. The van der Waals surface area contributed by atoms with Gasteiger partial charge in [0.25, 0.3) is 0 Å². The van der Waals surface area contributed by atoms with Gasteiger partial charge in [-0.3, -0.25) is 0 Å². The SMILES string of the molecule is NC1CCO[P+](=O)O1.[K]. The van der Waals surface area contributed by atoms with E-state index in [-0.39, 0.29) is 51.4 Å². The Morgan fingerprint density at radius 3 is 2.67 bits per heavy atom. The van der Waals surface area contributed by atoms with Crippen LogP contribution in [0.4, 0.5) is 0 Å². The minimum atomic E-state index is -1.91. The van der Waals surface area contributed by atoms with Crippen LogP contribution >= 0.6 is 8.25 Å². The first kappa shape index (κ1) is 10.6. The Morgan fingerprint density at radius 1 is 1.67 bits per heavy atom. The summed E-state index contributed by atoms with van der Waals surface area (Å²) in [6.07, 6.45) is 0.230. The number of rotatable bonds is 0. The third-order valence-electron chi connectivity index (χ3n) is 0.821. The van der Waals surface area contributed by atoms with E-state index in [1.165, 1.54) is 0 Å². The Bertz CT molecular complexity index is 111. The molecule has 1 fully saturated rings. The fourth-order valence-electron chi connectivity index (χ4n) is 0.437. The van der Waals surface area contributed by atoms with Gasteiger partial charge in [-0.15, -0.1) is 9.05 Å². The predicted molar refractivity (Wildman–Crippen MR) is 33.0 cm³/mol. The summed E-state index contributed by atoms with van der Waals surface area (Å²) in [5.41, 5.74) is 5.24. The Kier molecular flexibility index (Phi) is 6.24. The Balaban J connectivity index is 0.000000640. The van der Waals surface area contributed by atoms with Crippen molar-refractivity contribution in [1.82, 2.24) is 0 Å². The van der Waals surface area contributed by atoms with Crippen molar-refractivity contribution in [2.75, 3.05) is 6.61 Å². The first-order valence-electron chi connectivity index (χ1n) is 2.31. The van der Waals surface area contributed by atoms with E-state index in [4.69, 9.17) is 5.73 Å². The third-order valence-corrected chi connectivity index (χ3v) is 1.66. The second kappa shape index (κ2) is 5.29. The summed E-state index contributed by atoms with van der Waals surface area (Å²) in [6, 6.07) is 0. The molecule has 47 valence electrons. The van der Waals surface area contributed by atoms with Gasteiger partial charge in [0, 0.05) is 62.4 Å². The first-order valence-corrected chi connectivity index (χ1v) is 3.41. The molecule has 1 saturated heterocycles. The van der Waals surface area contributed by atoms with Gasteiger partial charge in [0.2, 0.25) is 0 Å². The number of hydrogen-bond acceptors (Lipinski definition) is 4. The van der Waals surface area contributed by atoms with Crippen molar-refractivity contribution in [3.05, 3.63) is 0 Å². The van der Waals surface area contributed by atoms with E-state index in [2.05, 4.69) is 9.05 Å². The van der Waals surface area contributed by atoms with Gasteiger partial charge in [-0.05, 0) is 0 Å². The second-order valence-corrected chi connectivity index (χ2v) is 2.41. The zero-order valence-electron chi connectivity index (χ0n) is 5.24. The fraction of sp³-hybridized carbons (Fsp3) is 1.00. The van der Waals surface area contributed by atoms with E-state index in [1.807, 2.05) is 0 Å². The largest absolute Gasteiger partial charge is 0.699 e. The smallest absolute Gasteiger partial charge is 0.302 e. The van der Waals surface area contributed by atoms with Crippen LogP contribution in [0.25, 0.3) is 0 Å². The van der Waals surface area contributed by atoms with Crippen LogP contribution in [0.3, 0.4) is 0 Å². The molecule has 0 bridgehead atoms. The summed E-state index contributed by atoms with van der Waals surface area (Å²) >= 11 is 0. The normalized spacial score (nSPS) is 31.2. The van der Waals surface area contributed by atoms with Crippen LogP contribution < -0.4 is 5.73 Å². The Labute approximate surface area is 96.8 Å². The van der Waals surface area contributed by atoms with E-state index in [0.29, 0.717) is 13.0 Å². The summed E-state index contributed by atoms with van der Waals surface area (Å²) in [4.78, 5) is 0. The maximum Gasteiger partial charge on any atom is 0.699 e. The summed E-state index contributed by atoms with van der Waals surface area (Å²) in [5, 5.41) is 0.